The lowest BCUT2D eigenvalue weighted by atomic mass is 9.94. The van der Waals surface area contributed by atoms with Gasteiger partial charge in [-0.15, -0.1) is 0 Å². The Hall–Kier alpha value is -0.120. The highest BCUT2D eigenvalue weighted by atomic mass is 16.5. The van der Waals surface area contributed by atoms with Crippen molar-refractivity contribution >= 4 is 0 Å². The van der Waals surface area contributed by atoms with Crippen LogP contribution in [0.2, 0.25) is 0 Å². The highest BCUT2D eigenvalue weighted by Crippen LogP contribution is 2.29. The molecule has 0 aliphatic heterocycles. The number of nitrogens with one attached hydrogen (secondary N) is 1. The molecule has 0 aromatic heterocycles. The van der Waals surface area contributed by atoms with Crippen LogP contribution in [0.15, 0.2) is 0 Å². The normalized spacial score (nSPS) is 29.7. The molecule has 2 fully saturated rings. The quantitative estimate of drug-likeness (QED) is 0.739. The van der Waals surface area contributed by atoms with Crippen LogP contribution in [0.3, 0.4) is 0 Å². The van der Waals surface area contributed by atoms with Gasteiger partial charge in [0.2, 0.25) is 0 Å². The topological polar surface area (TPSA) is 30.5 Å². The van der Waals surface area contributed by atoms with Gasteiger partial charge in [0.1, 0.15) is 0 Å². The van der Waals surface area contributed by atoms with Gasteiger partial charge in [0.25, 0.3) is 0 Å². The third kappa shape index (κ3) is 5.01. The summed E-state index contributed by atoms with van der Waals surface area (Å²) in [6.45, 7) is 4.26. The zero-order chi connectivity index (χ0) is 14.2. The fraction of sp³-hybridized carbons (Fsp3) is 1.00. The van der Waals surface area contributed by atoms with Crippen molar-refractivity contribution < 1.29 is 9.47 Å². The van der Waals surface area contributed by atoms with E-state index in [1.54, 1.807) is 0 Å². The first-order valence-corrected chi connectivity index (χ1v) is 8.71. The summed E-state index contributed by atoms with van der Waals surface area (Å²) in [5, 5.41) is 3.72. The van der Waals surface area contributed by atoms with Crippen molar-refractivity contribution in [1.29, 1.82) is 0 Å². The molecule has 3 unspecified atom stereocenters. The summed E-state index contributed by atoms with van der Waals surface area (Å²) >= 11 is 0. The van der Waals surface area contributed by atoms with Gasteiger partial charge in [0.15, 0.2) is 0 Å². The zero-order valence-electron chi connectivity index (χ0n) is 13.4. The van der Waals surface area contributed by atoms with E-state index in [0.717, 1.165) is 25.5 Å². The van der Waals surface area contributed by atoms with E-state index in [4.69, 9.17) is 9.47 Å². The average Bonchev–Trinajstić information content (AvgIpc) is 3.02. The summed E-state index contributed by atoms with van der Waals surface area (Å²) in [6, 6.07) is 0.570. The van der Waals surface area contributed by atoms with Gasteiger partial charge in [0.05, 0.1) is 18.8 Å². The van der Waals surface area contributed by atoms with Crippen molar-refractivity contribution in [3.8, 4) is 0 Å². The van der Waals surface area contributed by atoms with Crippen LogP contribution < -0.4 is 5.32 Å². The van der Waals surface area contributed by atoms with Gasteiger partial charge in [-0.25, -0.2) is 0 Å². The molecule has 0 aromatic rings. The molecule has 20 heavy (non-hydrogen) atoms. The fourth-order valence-electron chi connectivity index (χ4n) is 3.76. The second kappa shape index (κ2) is 9.01. The SMILES string of the molecule is CCCNC(COC1CCCC(OC)C1)C1CCCC1. The Labute approximate surface area is 124 Å². The van der Waals surface area contributed by atoms with E-state index < -0.39 is 0 Å². The molecule has 0 saturated heterocycles. The molecule has 3 nitrogen and oxygen atoms in total. The summed E-state index contributed by atoms with van der Waals surface area (Å²) in [7, 11) is 1.83. The third-order valence-corrected chi connectivity index (χ3v) is 5.05. The molecular formula is C17H33NO2. The van der Waals surface area contributed by atoms with Crippen LogP contribution in [0.4, 0.5) is 0 Å². The fourth-order valence-corrected chi connectivity index (χ4v) is 3.76. The summed E-state index contributed by atoms with van der Waals surface area (Å²) in [5.74, 6) is 0.836. The monoisotopic (exact) mass is 283 g/mol. The van der Waals surface area contributed by atoms with Crippen LogP contribution in [-0.4, -0.2) is 38.5 Å². The lowest BCUT2D eigenvalue weighted by Crippen LogP contribution is -2.41. The molecule has 3 heteroatoms. The van der Waals surface area contributed by atoms with Crippen molar-refractivity contribution in [1.82, 2.24) is 5.32 Å². The molecule has 3 atom stereocenters. The van der Waals surface area contributed by atoms with Crippen LogP contribution in [0.5, 0.6) is 0 Å². The summed E-state index contributed by atoms with van der Waals surface area (Å²) < 4.78 is 11.7. The Kier molecular flexibility index (Phi) is 7.32. The van der Waals surface area contributed by atoms with Gasteiger partial charge in [-0.1, -0.05) is 19.8 Å². The van der Waals surface area contributed by atoms with Crippen LogP contribution in [-0.2, 0) is 9.47 Å². The number of hydrogen-bond acceptors (Lipinski definition) is 3. The predicted molar refractivity (Wildman–Crippen MR) is 83.0 cm³/mol. The highest BCUT2D eigenvalue weighted by molar-refractivity contribution is 4.82. The maximum Gasteiger partial charge on any atom is 0.0626 e. The maximum absolute atomic E-state index is 6.24. The first kappa shape index (κ1) is 16.3. The van der Waals surface area contributed by atoms with Crippen molar-refractivity contribution in [2.24, 2.45) is 5.92 Å². The van der Waals surface area contributed by atoms with Gasteiger partial charge >= 0.3 is 0 Å². The number of ether oxygens (including phenoxy) is 2. The molecule has 2 aliphatic rings. The molecule has 0 amide bonds. The predicted octanol–water partition coefficient (Wildman–Crippen LogP) is 3.52. The highest BCUT2D eigenvalue weighted by Gasteiger charge is 2.27. The Morgan fingerprint density at radius 1 is 1.05 bits per heavy atom. The van der Waals surface area contributed by atoms with E-state index in [9.17, 15) is 0 Å². The molecule has 0 heterocycles. The van der Waals surface area contributed by atoms with Crippen LogP contribution in [0.25, 0.3) is 0 Å². The second-order valence-corrected chi connectivity index (χ2v) is 6.58. The van der Waals surface area contributed by atoms with Gasteiger partial charge in [-0.05, 0) is 57.4 Å². The molecule has 2 rings (SSSR count). The molecule has 0 aromatic carbocycles. The van der Waals surface area contributed by atoms with Gasteiger partial charge in [-0.3, -0.25) is 0 Å². The minimum atomic E-state index is 0.418. The lowest BCUT2D eigenvalue weighted by Gasteiger charge is -2.31. The summed E-state index contributed by atoms with van der Waals surface area (Å²) in [4.78, 5) is 0. The maximum atomic E-state index is 6.24. The van der Waals surface area contributed by atoms with Crippen molar-refractivity contribution in [2.75, 3.05) is 20.3 Å². The van der Waals surface area contributed by atoms with Crippen LogP contribution >= 0.6 is 0 Å². The Bertz CT molecular complexity index is 253. The van der Waals surface area contributed by atoms with Gasteiger partial charge in [-0.2, -0.15) is 0 Å². The molecule has 1 N–H and O–H groups in total. The number of methoxy groups -OCH3 is 1. The van der Waals surface area contributed by atoms with Gasteiger partial charge < -0.3 is 14.8 Å². The summed E-state index contributed by atoms with van der Waals surface area (Å²) in [6.07, 6.45) is 12.4. The van der Waals surface area contributed by atoms with Crippen LogP contribution in [0.1, 0.15) is 64.7 Å². The summed E-state index contributed by atoms with van der Waals surface area (Å²) in [5.41, 5.74) is 0. The average molecular weight is 283 g/mol. The largest absolute Gasteiger partial charge is 0.381 e. The molecule has 0 bridgehead atoms. The van der Waals surface area contributed by atoms with E-state index in [2.05, 4.69) is 12.2 Å². The third-order valence-electron chi connectivity index (χ3n) is 5.05. The first-order chi connectivity index (χ1) is 9.83. The molecule has 2 saturated carbocycles. The Morgan fingerprint density at radius 2 is 1.80 bits per heavy atom. The smallest absolute Gasteiger partial charge is 0.0626 e. The van der Waals surface area contributed by atoms with E-state index in [1.165, 1.54) is 51.4 Å². The number of hydrogen-bond donors (Lipinski definition) is 1. The van der Waals surface area contributed by atoms with Crippen molar-refractivity contribution in [3.05, 3.63) is 0 Å². The van der Waals surface area contributed by atoms with Gasteiger partial charge in [0, 0.05) is 13.2 Å². The second-order valence-electron chi connectivity index (χ2n) is 6.58. The Morgan fingerprint density at radius 3 is 2.50 bits per heavy atom. The van der Waals surface area contributed by atoms with Crippen molar-refractivity contribution in [2.45, 2.75) is 83.0 Å². The van der Waals surface area contributed by atoms with E-state index in [1.807, 2.05) is 7.11 Å². The van der Waals surface area contributed by atoms with E-state index in [-0.39, 0.29) is 0 Å². The molecular weight excluding hydrogens is 250 g/mol. The standard InChI is InChI=1S/C17H33NO2/c1-3-11-18-17(14-7-4-5-8-14)13-20-16-10-6-9-15(12-16)19-2/h14-18H,3-13H2,1-2H3. The van der Waals surface area contributed by atoms with Crippen LogP contribution in [0, 0.1) is 5.92 Å². The number of rotatable bonds is 8. The first-order valence-electron chi connectivity index (χ1n) is 8.71. The van der Waals surface area contributed by atoms with E-state index in [0.29, 0.717) is 18.2 Å². The molecule has 2 aliphatic carbocycles. The van der Waals surface area contributed by atoms with Crippen molar-refractivity contribution in [3.63, 3.8) is 0 Å². The Balaban J connectivity index is 1.75. The lowest BCUT2D eigenvalue weighted by molar-refractivity contribution is -0.0395. The molecule has 118 valence electrons. The minimum absolute atomic E-state index is 0.418. The molecule has 0 radical (unpaired) electrons. The zero-order valence-corrected chi connectivity index (χ0v) is 13.4. The molecule has 0 spiro atoms. The minimum Gasteiger partial charge on any atom is -0.381 e. The van der Waals surface area contributed by atoms with E-state index >= 15 is 0 Å².